The molecule has 0 amide bonds. The van der Waals surface area contributed by atoms with Gasteiger partial charge in [0.25, 0.3) is 0 Å². The smallest absolute Gasteiger partial charge is 0.137 e. The molecule has 8 aromatic rings. The molecule has 4 nitrogen and oxygen atoms in total. The highest BCUT2D eigenvalue weighted by atomic mass is 15.0. The molecule has 0 atom stereocenters. The van der Waals surface area contributed by atoms with Crippen LogP contribution in [0.5, 0.6) is 0 Å². The van der Waals surface area contributed by atoms with Gasteiger partial charge in [-0.3, -0.25) is 14.4 Å². The van der Waals surface area contributed by atoms with Crippen LogP contribution in [-0.4, -0.2) is 19.4 Å². The van der Waals surface area contributed by atoms with Gasteiger partial charge in [-0.2, -0.15) is 0 Å². The van der Waals surface area contributed by atoms with Crippen LogP contribution in [0.25, 0.3) is 71.9 Å². The van der Waals surface area contributed by atoms with Gasteiger partial charge in [0.15, 0.2) is 0 Å². The molecule has 0 aliphatic rings. The lowest BCUT2D eigenvalue weighted by Crippen LogP contribution is -1.90. The van der Waals surface area contributed by atoms with Gasteiger partial charge in [0.2, 0.25) is 0 Å². The monoisotopic (exact) mass is 498 g/mol. The molecule has 0 bridgehead atoms. The number of nitrogens with zero attached hydrogens (tertiary/aromatic N) is 4. The molecule has 0 N–H and O–H groups in total. The summed E-state index contributed by atoms with van der Waals surface area (Å²) in [5.41, 5.74) is 9.42. The van der Waals surface area contributed by atoms with Crippen molar-refractivity contribution in [1.82, 2.24) is 19.4 Å². The molecule has 182 valence electrons. The minimum absolute atomic E-state index is 0.942. The quantitative estimate of drug-likeness (QED) is 0.229. The minimum atomic E-state index is 0.942. The summed E-state index contributed by atoms with van der Waals surface area (Å²) in [6, 6.07) is 40.0. The molecular weight excluding hydrogens is 476 g/mol. The molecule has 0 aliphatic heterocycles. The van der Waals surface area contributed by atoms with Gasteiger partial charge in [-0.15, -0.1) is 0 Å². The highest BCUT2D eigenvalue weighted by Gasteiger charge is 2.16. The van der Waals surface area contributed by atoms with Crippen LogP contribution in [0, 0.1) is 0 Å². The van der Waals surface area contributed by atoms with Crippen molar-refractivity contribution in [1.29, 1.82) is 0 Å². The van der Waals surface area contributed by atoms with Gasteiger partial charge < -0.3 is 0 Å². The van der Waals surface area contributed by atoms with E-state index in [1.54, 1.807) is 0 Å². The van der Waals surface area contributed by atoms with Gasteiger partial charge in [-0.05, 0) is 58.8 Å². The maximum absolute atomic E-state index is 5.05. The van der Waals surface area contributed by atoms with Gasteiger partial charge >= 0.3 is 0 Å². The first kappa shape index (κ1) is 21.7. The predicted molar refractivity (Wildman–Crippen MR) is 160 cm³/mol. The lowest BCUT2D eigenvalue weighted by Gasteiger charge is -2.11. The number of rotatable bonds is 3. The SMILES string of the molecule is c1ccc(-c2ccc(-c3ccc4c(c3)c3cc(-c5ccccn5)ccc3c3nc5ccccn5c43)nc2)cc1. The maximum Gasteiger partial charge on any atom is 0.137 e. The normalized spacial score (nSPS) is 11.6. The van der Waals surface area contributed by atoms with Crippen LogP contribution in [0.4, 0.5) is 0 Å². The van der Waals surface area contributed by atoms with Crippen LogP contribution >= 0.6 is 0 Å². The standard InChI is InChI=1S/C35H22N4/c1-2-8-23(9-3-1)26-14-17-32(37-22-26)25-13-16-28-30(21-25)29-20-24(31-10-4-6-18-36-31)12-15-27(29)34-35(28)39-19-7-5-11-33(39)38-34/h1-22H. The van der Waals surface area contributed by atoms with Crippen LogP contribution in [-0.2, 0) is 0 Å². The van der Waals surface area contributed by atoms with Crippen molar-refractivity contribution >= 4 is 38.2 Å². The zero-order valence-corrected chi connectivity index (χ0v) is 21.0. The van der Waals surface area contributed by atoms with Crippen molar-refractivity contribution in [3.8, 4) is 33.6 Å². The van der Waals surface area contributed by atoms with E-state index in [1.807, 2.05) is 36.7 Å². The molecule has 0 aliphatic carbocycles. The maximum atomic E-state index is 5.05. The Labute approximate surface area is 224 Å². The van der Waals surface area contributed by atoms with E-state index in [0.29, 0.717) is 0 Å². The van der Waals surface area contributed by atoms with Crippen LogP contribution in [0.3, 0.4) is 0 Å². The largest absolute Gasteiger partial charge is 0.299 e. The molecule has 39 heavy (non-hydrogen) atoms. The van der Waals surface area contributed by atoms with E-state index < -0.39 is 0 Å². The first-order valence-corrected chi connectivity index (χ1v) is 13.0. The zero-order valence-electron chi connectivity index (χ0n) is 21.0. The Hall–Kier alpha value is -5.35. The van der Waals surface area contributed by atoms with Crippen molar-refractivity contribution in [2.45, 2.75) is 0 Å². The molecule has 8 rings (SSSR count). The van der Waals surface area contributed by atoms with Crippen LogP contribution in [0.2, 0.25) is 0 Å². The second-order valence-corrected chi connectivity index (χ2v) is 9.77. The number of benzene rings is 4. The molecule has 0 saturated heterocycles. The molecule has 4 aromatic heterocycles. The molecule has 0 radical (unpaired) electrons. The molecular formula is C35H22N4. The van der Waals surface area contributed by atoms with E-state index in [0.717, 1.165) is 61.1 Å². The highest BCUT2D eigenvalue weighted by Crippen LogP contribution is 2.38. The molecule has 0 fully saturated rings. The summed E-state index contributed by atoms with van der Waals surface area (Å²) in [5, 5.41) is 4.63. The van der Waals surface area contributed by atoms with Crippen molar-refractivity contribution in [3.05, 3.63) is 134 Å². The molecule has 0 unspecified atom stereocenters. The third-order valence-corrected chi connectivity index (χ3v) is 7.50. The number of imidazole rings is 1. The van der Waals surface area contributed by atoms with E-state index in [2.05, 4.69) is 107 Å². The topological polar surface area (TPSA) is 43.1 Å². The Kier molecular flexibility index (Phi) is 4.79. The second kappa shape index (κ2) is 8.61. The van der Waals surface area contributed by atoms with Crippen LogP contribution in [0.1, 0.15) is 0 Å². The fourth-order valence-corrected chi connectivity index (χ4v) is 5.61. The van der Waals surface area contributed by atoms with Crippen LogP contribution in [0.15, 0.2) is 134 Å². The molecule has 4 aromatic carbocycles. The van der Waals surface area contributed by atoms with E-state index in [4.69, 9.17) is 9.97 Å². The fraction of sp³-hybridized carbons (Fsp3) is 0. The van der Waals surface area contributed by atoms with Gasteiger partial charge in [0, 0.05) is 46.1 Å². The summed E-state index contributed by atoms with van der Waals surface area (Å²) in [6.07, 6.45) is 5.89. The lowest BCUT2D eigenvalue weighted by molar-refractivity contribution is 1.23. The highest BCUT2D eigenvalue weighted by molar-refractivity contribution is 6.25. The Morgan fingerprint density at radius 1 is 0.487 bits per heavy atom. The number of hydrogen-bond acceptors (Lipinski definition) is 3. The van der Waals surface area contributed by atoms with E-state index in [1.165, 1.54) is 10.8 Å². The third kappa shape index (κ3) is 3.50. The molecule has 0 spiro atoms. The van der Waals surface area contributed by atoms with Crippen molar-refractivity contribution in [2.24, 2.45) is 0 Å². The number of hydrogen-bond donors (Lipinski definition) is 0. The summed E-state index contributed by atoms with van der Waals surface area (Å²) in [7, 11) is 0. The number of fused-ring (bicyclic) bond motifs is 8. The van der Waals surface area contributed by atoms with Gasteiger partial charge in [-0.25, -0.2) is 4.98 Å². The Balaban J connectivity index is 1.39. The van der Waals surface area contributed by atoms with Crippen molar-refractivity contribution in [3.63, 3.8) is 0 Å². The lowest BCUT2D eigenvalue weighted by atomic mass is 9.95. The van der Waals surface area contributed by atoms with E-state index >= 15 is 0 Å². The molecule has 4 heteroatoms. The van der Waals surface area contributed by atoms with Gasteiger partial charge in [0.1, 0.15) is 5.65 Å². The Morgan fingerprint density at radius 2 is 1.21 bits per heavy atom. The summed E-state index contributed by atoms with van der Waals surface area (Å²) in [4.78, 5) is 14.5. The number of aromatic nitrogens is 4. The Morgan fingerprint density at radius 3 is 1.97 bits per heavy atom. The summed E-state index contributed by atoms with van der Waals surface area (Å²) in [5.74, 6) is 0. The fourth-order valence-electron chi connectivity index (χ4n) is 5.61. The average molecular weight is 499 g/mol. The van der Waals surface area contributed by atoms with E-state index in [9.17, 15) is 0 Å². The predicted octanol–water partition coefficient (Wildman–Crippen LogP) is 8.58. The minimum Gasteiger partial charge on any atom is -0.299 e. The van der Waals surface area contributed by atoms with Gasteiger partial charge in [0.05, 0.1) is 22.4 Å². The second-order valence-electron chi connectivity index (χ2n) is 9.77. The van der Waals surface area contributed by atoms with E-state index in [-0.39, 0.29) is 0 Å². The molecule has 4 heterocycles. The van der Waals surface area contributed by atoms with Crippen LogP contribution < -0.4 is 0 Å². The summed E-state index contributed by atoms with van der Waals surface area (Å²) < 4.78 is 2.19. The van der Waals surface area contributed by atoms with Gasteiger partial charge in [-0.1, -0.05) is 72.8 Å². The zero-order chi connectivity index (χ0) is 25.8. The number of pyridine rings is 3. The first-order chi connectivity index (χ1) is 19.3. The Bertz CT molecular complexity index is 2150. The van der Waals surface area contributed by atoms with Crippen molar-refractivity contribution < 1.29 is 0 Å². The average Bonchev–Trinajstić information content (AvgIpc) is 3.42. The van der Waals surface area contributed by atoms with Crippen molar-refractivity contribution in [2.75, 3.05) is 0 Å². The third-order valence-electron chi connectivity index (χ3n) is 7.50. The summed E-state index contributed by atoms with van der Waals surface area (Å²) in [6.45, 7) is 0. The molecule has 0 saturated carbocycles. The first-order valence-electron chi connectivity index (χ1n) is 13.0. The summed E-state index contributed by atoms with van der Waals surface area (Å²) >= 11 is 0.